The predicted octanol–water partition coefficient (Wildman–Crippen LogP) is 5.07. The highest BCUT2D eigenvalue weighted by molar-refractivity contribution is 6.99. The van der Waals surface area contributed by atoms with Crippen LogP contribution in [0.25, 0.3) is 0 Å². The van der Waals surface area contributed by atoms with E-state index in [-0.39, 0.29) is 34.4 Å². The second-order valence-electron chi connectivity index (χ2n) is 12.6. The van der Waals surface area contributed by atoms with Crippen molar-refractivity contribution in [3.63, 3.8) is 0 Å². The molecule has 5 rings (SSSR count). The van der Waals surface area contributed by atoms with Gasteiger partial charge in [-0.25, -0.2) is 0 Å². The molecule has 3 fully saturated rings. The first-order chi connectivity index (χ1) is 18.2. The number of piperidine rings is 2. The number of carbonyl (C=O) groups is 2. The molecule has 1 saturated carbocycles. The number of amides is 1. The number of rotatable bonds is 6. The lowest BCUT2D eigenvalue weighted by Gasteiger charge is -2.56. The quantitative estimate of drug-likeness (QED) is 0.296. The Kier molecular flexibility index (Phi) is 7.58. The fourth-order valence-corrected chi connectivity index (χ4v) is 12.5. The Morgan fingerprint density at radius 1 is 0.921 bits per heavy atom. The number of benzene rings is 2. The average molecular weight is 534 g/mol. The molecule has 2 aromatic rings. The summed E-state index contributed by atoms with van der Waals surface area (Å²) in [6, 6.07) is 21.8. The minimum atomic E-state index is -2.67. The van der Waals surface area contributed by atoms with E-state index in [1.54, 1.807) is 0 Å². The minimum absolute atomic E-state index is 0.00912. The van der Waals surface area contributed by atoms with Crippen LogP contribution >= 0.6 is 0 Å². The van der Waals surface area contributed by atoms with Gasteiger partial charge in [0.25, 0.3) is 8.32 Å². The summed E-state index contributed by atoms with van der Waals surface area (Å²) in [6.07, 6.45) is 7.79. The lowest BCUT2D eigenvalue weighted by molar-refractivity contribution is -0.168. The fourth-order valence-electron chi connectivity index (χ4n) is 7.94. The van der Waals surface area contributed by atoms with Crippen LogP contribution in [-0.2, 0) is 18.8 Å². The van der Waals surface area contributed by atoms with Gasteiger partial charge in [-0.1, -0.05) is 87.9 Å². The van der Waals surface area contributed by atoms with Crippen LogP contribution in [0.15, 0.2) is 60.7 Å². The highest BCUT2D eigenvalue weighted by Gasteiger charge is 2.58. The van der Waals surface area contributed by atoms with Crippen LogP contribution in [0.3, 0.4) is 0 Å². The molecule has 1 amide bonds. The second-order valence-corrected chi connectivity index (χ2v) is 16.9. The molecular formula is C32H43NO4Si. The molecule has 0 bridgehead atoms. The third kappa shape index (κ3) is 4.43. The Morgan fingerprint density at radius 3 is 2.05 bits per heavy atom. The van der Waals surface area contributed by atoms with Crippen molar-refractivity contribution < 1.29 is 18.8 Å². The number of methoxy groups -OCH3 is 1. The normalized spacial score (nSPS) is 27.8. The van der Waals surface area contributed by atoms with E-state index >= 15 is 0 Å². The largest absolute Gasteiger partial charge is 0.468 e. The molecule has 0 aromatic heterocycles. The number of esters is 1. The Bertz CT molecular complexity index is 1090. The standard InChI is InChI=1S/C32H43NO4Si/c1-31(2,3)38(26-15-7-5-8-16-26,27-17-9-6-10-18-27)37-23-24-13-11-21-32(24)22-12-14-25-19-20-28(30(35)36-4)29(34)33(25)32/h5-10,15-18,24-25,28H,11-14,19-23H2,1-4H3/t24-,25-,28?,32+/m1/s1. The summed E-state index contributed by atoms with van der Waals surface area (Å²) >= 11 is 0. The second kappa shape index (κ2) is 10.6. The topological polar surface area (TPSA) is 55.8 Å². The number of fused-ring (bicyclic) bond motifs is 2. The van der Waals surface area contributed by atoms with E-state index in [0.717, 1.165) is 44.9 Å². The van der Waals surface area contributed by atoms with Crippen molar-refractivity contribution in [1.82, 2.24) is 4.90 Å². The summed E-state index contributed by atoms with van der Waals surface area (Å²) in [5.74, 6) is -0.796. The van der Waals surface area contributed by atoms with E-state index in [0.29, 0.717) is 13.0 Å². The van der Waals surface area contributed by atoms with Gasteiger partial charge in [-0.2, -0.15) is 0 Å². The van der Waals surface area contributed by atoms with Crippen LogP contribution < -0.4 is 10.4 Å². The molecule has 2 aromatic carbocycles. The molecule has 2 aliphatic heterocycles. The third-order valence-corrected chi connectivity index (χ3v) is 14.6. The molecule has 6 heteroatoms. The maximum absolute atomic E-state index is 13.9. The van der Waals surface area contributed by atoms with Crippen LogP contribution in [0.1, 0.15) is 72.1 Å². The Morgan fingerprint density at radius 2 is 1.50 bits per heavy atom. The van der Waals surface area contributed by atoms with Gasteiger partial charge in [0, 0.05) is 24.1 Å². The fraction of sp³-hybridized carbons (Fsp3) is 0.562. The first kappa shape index (κ1) is 27.1. The highest BCUT2D eigenvalue weighted by Crippen LogP contribution is 2.51. The van der Waals surface area contributed by atoms with Gasteiger partial charge >= 0.3 is 5.97 Å². The van der Waals surface area contributed by atoms with Gasteiger partial charge in [0.2, 0.25) is 5.91 Å². The zero-order valence-corrected chi connectivity index (χ0v) is 24.4. The van der Waals surface area contributed by atoms with Crippen LogP contribution in [0.5, 0.6) is 0 Å². The summed E-state index contributed by atoms with van der Waals surface area (Å²) in [4.78, 5) is 28.6. The van der Waals surface area contributed by atoms with Crippen molar-refractivity contribution in [2.45, 2.75) is 88.8 Å². The number of hydrogen-bond donors (Lipinski definition) is 0. The lowest BCUT2D eigenvalue weighted by Crippen LogP contribution is -2.68. The molecule has 2 saturated heterocycles. The van der Waals surface area contributed by atoms with E-state index < -0.39 is 14.2 Å². The number of ether oxygens (including phenoxy) is 1. The van der Waals surface area contributed by atoms with Crippen molar-refractivity contribution in [2.75, 3.05) is 13.7 Å². The lowest BCUT2D eigenvalue weighted by atomic mass is 9.72. The minimum Gasteiger partial charge on any atom is -0.468 e. The summed E-state index contributed by atoms with van der Waals surface area (Å²) in [5.41, 5.74) is -0.224. The van der Waals surface area contributed by atoms with Gasteiger partial charge in [0.1, 0.15) is 5.92 Å². The van der Waals surface area contributed by atoms with E-state index in [1.165, 1.54) is 17.5 Å². The monoisotopic (exact) mass is 533 g/mol. The molecule has 0 radical (unpaired) electrons. The van der Waals surface area contributed by atoms with E-state index in [1.807, 2.05) is 0 Å². The molecule has 0 N–H and O–H groups in total. The molecule has 204 valence electrons. The van der Waals surface area contributed by atoms with Gasteiger partial charge in [-0.15, -0.1) is 0 Å². The Labute approximate surface area is 229 Å². The third-order valence-electron chi connectivity index (χ3n) is 9.64. The van der Waals surface area contributed by atoms with Crippen LogP contribution in [0.4, 0.5) is 0 Å². The summed E-state index contributed by atoms with van der Waals surface area (Å²) in [5, 5.41) is 2.48. The number of nitrogens with zero attached hydrogens (tertiary/aromatic N) is 1. The van der Waals surface area contributed by atoms with Crippen LogP contribution in [-0.4, -0.2) is 50.4 Å². The van der Waals surface area contributed by atoms with E-state index in [9.17, 15) is 9.59 Å². The molecule has 2 heterocycles. The van der Waals surface area contributed by atoms with Crippen molar-refractivity contribution in [2.24, 2.45) is 11.8 Å². The summed E-state index contributed by atoms with van der Waals surface area (Å²) in [7, 11) is -1.28. The average Bonchev–Trinajstić information content (AvgIpc) is 3.31. The molecule has 5 nitrogen and oxygen atoms in total. The van der Waals surface area contributed by atoms with Gasteiger partial charge in [-0.05, 0) is 60.4 Å². The predicted molar refractivity (Wildman–Crippen MR) is 153 cm³/mol. The van der Waals surface area contributed by atoms with E-state index in [4.69, 9.17) is 9.16 Å². The van der Waals surface area contributed by atoms with Gasteiger partial charge in [0.15, 0.2) is 0 Å². The number of carbonyl (C=O) groups excluding carboxylic acids is 2. The van der Waals surface area contributed by atoms with Crippen LogP contribution in [0.2, 0.25) is 5.04 Å². The van der Waals surface area contributed by atoms with Crippen molar-refractivity contribution in [1.29, 1.82) is 0 Å². The highest BCUT2D eigenvalue weighted by atomic mass is 28.4. The smallest absolute Gasteiger partial charge is 0.318 e. The molecular weight excluding hydrogens is 490 g/mol. The van der Waals surface area contributed by atoms with Crippen LogP contribution in [0, 0.1) is 11.8 Å². The number of hydrogen-bond acceptors (Lipinski definition) is 4. The van der Waals surface area contributed by atoms with Gasteiger partial charge < -0.3 is 14.1 Å². The van der Waals surface area contributed by atoms with Crippen molar-refractivity contribution in [3.05, 3.63) is 60.7 Å². The molecule has 1 unspecified atom stereocenters. The maximum Gasteiger partial charge on any atom is 0.318 e. The van der Waals surface area contributed by atoms with Gasteiger partial charge in [0.05, 0.1) is 7.11 Å². The first-order valence-corrected chi connectivity index (χ1v) is 16.3. The van der Waals surface area contributed by atoms with E-state index in [2.05, 4.69) is 86.3 Å². The Hall–Kier alpha value is -2.44. The van der Waals surface area contributed by atoms with Gasteiger partial charge in [-0.3, -0.25) is 9.59 Å². The zero-order chi connectivity index (χ0) is 27.0. The SMILES string of the molecule is COC(=O)C1CC[C@H]2CCC[C@]3(CCC[C@@H]3CO[Si](c3ccccc3)(c3ccccc3)C(C)(C)C)N2C1=O. The molecule has 38 heavy (non-hydrogen) atoms. The molecule has 1 spiro atoms. The summed E-state index contributed by atoms with van der Waals surface area (Å²) < 4.78 is 12.4. The maximum atomic E-state index is 13.9. The zero-order valence-electron chi connectivity index (χ0n) is 23.4. The summed E-state index contributed by atoms with van der Waals surface area (Å²) in [6.45, 7) is 7.58. The van der Waals surface area contributed by atoms with Crippen molar-refractivity contribution >= 4 is 30.6 Å². The molecule has 1 aliphatic carbocycles. The Balaban J connectivity index is 1.51. The molecule has 3 aliphatic rings. The first-order valence-electron chi connectivity index (χ1n) is 14.4. The molecule has 4 atom stereocenters. The van der Waals surface area contributed by atoms with Crippen molar-refractivity contribution in [3.8, 4) is 0 Å².